The Morgan fingerprint density at radius 3 is 2.25 bits per heavy atom. The number of carbonyl (C=O) groups is 3. The van der Waals surface area contributed by atoms with Gasteiger partial charge >= 0.3 is 17.9 Å². The second kappa shape index (κ2) is 10.1. The number of hydrogen-bond donors (Lipinski definition) is 0. The zero-order valence-electron chi connectivity index (χ0n) is 17.5. The number of halogens is 1. The van der Waals surface area contributed by atoms with Crippen LogP contribution in [0.25, 0.3) is 16.9 Å². The number of methoxy groups -OCH3 is 3. The molecule has 0 spiro atoms. The molecule has 166 valence electrons. The summed E-state index contributed by atoms with van der Waals surface area (Å²) in [5.74, 6) is -1.91. The first-order chi connectivity index (χ1) is 15.4. The van der Waals surface area contributed by atoms with E-state index in [1.54, 1.807) is 48.5 Å². The van der Waals surface area contributed by atoms with Gasteiger partial charge in [-0.2, -0.15) is 5.10 Å². The highest BCUT2D eigenvalue weighted by Crippen LogP contribution is 2.36. The summed E-state index contributed by atoms with van der Waals surface area (Å²) < 4.78 is 22.0. The molecule has 3 rings (SSSR count). The molecular formula is C22H19BrN2O7. The van der Waals surface area contributed by atoms with Crippen molar-refractivity contribution in [2.45, 2.75) is 0 Å². The highest BCUT2D eigenvalue weighted by atomic mass is 79.9. The molecule has 0 atom stereocenters. The summed E-state index contributed by atoms with van der Waals surface area (Å²) in [6, 6.07) is 13.7. The first-order valence-corrected chi connectivity index (χ1v) is 10.0. The van der Waals surface area contributed by atoms with Crippen LogP contribution in [-0.2, 0) is 19.0 Å². The molecule has 0 bridgehead atoms. The van der Waals surface area contributed by atoms with Gasteiger partial charge in [0.15, 0.2) is 12.3 Å². The molecule has 1 heterocycles. The summed E-state index contributed by atoms with van der Waals surface area (Å²) in [6.07, 6.45) is 0. The summed E-state index contributed by atoms with van der Waals surface area (Å²) in [5.41, 5.74) is 0.769. The molecule has 0 saturated heterocycles. The molecule has 10 heteroatoms. The van der Waals surface area contributed by atoms with Gasteiger partial charge in [0.25, 0.3) is 0 Å². The number of carbonyl (C=O) groups excluding carboxylic acids is 3. The number of esters is 3. The third-order valence-corrected chi connectivity index (χ3v) is 4.92. The average molecular weight is 503 g/mol. The van der Waals surface area contributed by atoms with E-state index in [-0.39, 0.29) is 29.3 Å². The van der Waals surface area contributed by atoms with Crippen LogP contribution in [0.3, 0.4) is 0 Å². The normalized spacial score (nSPS) is 10.4. The van der Waals surface area contributed by atoms with Crippen LogP contribution >= 0.6 is 15.9 Å². The molecule has 1 aromatic heterocycles. The number of nitrogens with zero attached hydrogens (tertiary/aromatic N) is 2. The summed E-state index contributed by atoms with van der Waals surface area (Å²) >= 11 is 3.39. The van der Waals surface area contributed by atoms with Crippen molar-refractivity contribution in [2.24, 2.45) is 0 Å². The molecule has 0 radical (unpaired) electrons. The van der Waals surface area contributed by atoms with Gasteiger partial charge in [-0.15, -0.1) is 0 Å². The lowest BCUT2D eigenvalue weighted by molar-refractivity contribution is -0.142. The maximum Gasteiger partial charge on any atom is 0.357 e. The van der Waals surface area contributed by atoms with E-state index in [9.17, 15) is 14.4 Å². The Morgan fingerprint density at radius 2 is 1.62 bits per heavy atom. The van der Waals surface area contributed by atoms with Crippen LogP contribution in [0.4, 0.5) is 0 Å². The molecule has 0 fully saturated rings. The Kier molecular flexibility index (Phi) is 7.26. The highest BCUT2D eigenvalue weighted by molar-refractivity contribution is 9.10. The maximum absolute atomic E-state index is 12.8. The van der Waals surface area contributed by atoms with Gasteiger partial charge in [-0.3, -0.25) is 0 Å². The lowest BCUT2D eigenvalue weighted by Crippen LogP contribution is -2.15. The van der Waals surface area contributed by atoms with Crippen molar-refractivity contribution in [1.29, 1.82) is 0 Å². The van der Waals surface area contributed by atoms with Gasteiger partial charge in [0.2, 0.25) is 0 Å². The predicted molar refractivity (Wildman–Crippen MR) is 117 cm³/mol. The second-order valence-electron chi connectivity index (χ2n) is 6.31. The lowest BCUT2D eigenvalue weighted by Gasteiger charge is -2.11. The molecule has 2 aromatic carbocycles. The minimum atomic E-state index is -0.790. The van der Waals surface area contributed by atoms with Crippen molar-refractivity contribution in [2.75, 3.05) is 27.9 Å². The fourth-order valence-electron chi connectivity index (χ4n) is 2.95. The van der Waals surface area contributed by atoms with Crippen LogP contribution in [0.2, 0.25) is 0 Å². The van der Waals surface area contributed by atoms with Gasteiger partial charge < -0.3 is 18.9 Å². The molecule has 0 saturated carbocycles. The van der Waals surface area contributed by atoms with Crippen LogP contribution < -0.4 is 4.74 Å². The van der Waals surface area contributed by atoms with Crippen molar-refractivity contribution < 1.29 is 33.3 Å². The largest absolute Gasteiger partial charge is 0.481 e. The average Bonchev–Trinajstić information content (AvgIpc) is 3.23. The number of rotatable bonds is 7. The zero-order valence-corrected chi connectivity index (χ0v) is 19.0. The summed E-state index contributed by atoms with van der Waals surface area (Å²) in [7, 11) is 3.64. The Bertz CT molecular complexity index is 1160. The third-order valence-electron chi connectivity index (χ3n) is 4.42. The Balaban J connectivity index is 2.30. The monoisotopic (exact) mass is 502 g/mol. The predicted octanol–water partition coefficient (Wildman–Crippen LogP) is 3.43. The first-order valence-electron chi connectivity index (χ1n) is 9.25. The molecule has 3 aromatic rings. The van der Waals surface area contributed by atoms with Crippen LogP contribution in [-0.4, -0.2) is 55.6 Å². The molecule has 0 aliphatic carbocycles. The number of hydrogen-bond acceptors (Lipinski definition) is 8. The van der Waals surface area contributed by atoms with E-state index in [1.165, 1.54) is 26.0 Å². The molecule has 0 unspecified atom stereocenters. The quantitative estimate of drug-likeness (QED) is 0.357. The minimum Gasteiger partial charge on any atom is -0.481 e. The molecule has 0 aliphatic rings. The fourth-order valence-corrected chi connectivity index (χ4v) is 3.31. The number of ether oxygens (including phenoxy) is 4. The van der Waals surface area contributed by atoms with E-state index in [4.69, 9.17) is 14.2 Å². The Morgan fingerprint density at radius 1 is 0.938 bits per heavy atom. The van der Waals surface area contributed by atoms with E-state index in [1.807, 2.05) is 0 Å². The van der Waals surface area contributed by atoms with Crippen molar-refractivity contribution in [3.63, 3.8) is 0 Å². The summed E-state index contributed by atoms with van der Waals surface area (Å²) in [6.45, 7) is -0.359. The third kappa shape index (κ3) is 4.65. The number of aromatic nitrogens is 2. The van der Waals surface area contributed by atoms with Crippen molar-refractivity contribution in [1.82, 2.24) is 9.78 Å². The molecule has 0 aliphatic heterocycles. The van der Waals surface area contributed by atoms with Gasteiger partial charge in [0.1, 0.15) is 17.0 Å². The van der Waals surface area contributed by atoms with E-state index < -0.39 is 17.9 Å². The summed E-state index contributed by atoms with van der Waals surface area (Å²) in [4.78, 5) is 37.1. The minimum absolute atomic E-state index is 0.107. The molecule has 0 amide bonds. The lowest BCUT2D eigenvalue weighted by atomic mass is 10.0. The van der Waals surface area contributed by atoms with E-state index in [0.29, 0.717) is 15.7 Å². The van der Waals surface area contributed by atoms with Crippen LogP contribution in [0.5, 0.6) is 5.75 Å². The van der Waals surface area contributed by atoms with Crippen LogP contribution in [0.1, 0.15) is 20.8 Å². The van der Waals surface area contributed by atoms with Crippen molar-refractivity contribution >= 4 is 33.8 Å². The van der Waals surface area contributed by atoms with Crippen LogP contribution in [0.15, 0.2) is 53.0 Å². The smallest absolute Gasteiger partial charge is 0.357 e. The van der Waals surface area contributed by atoms with Gasteiger partial charge in [-0.25, -0.2) is 19.1 Å². The first kappa shape index (κ1) is 23.0. The highest BCUT2D eigenvalue weighted by Gasteiger charge is 2.32. The molecule has 0 N–H and O–H groups in total. The van der Waals surface area contributed by atoms with Crippen molar-refractivity contribution in [3.8, 4) is 22.7 Å². The zero-order chi connectivity index (χ0) is 23.3. The van der Waals surface area contributed by atoms with E-state index in [2.05, 4.69) is 25.8 Å². The maximum atomic E-state index is 12.8. The van der Waals surface area contributed by atoms with Gasteiger partial charge in [0.05, 0.1) is 27.0 Å². The Labute approximate surface area is 192 Å². The number of benzene rings is 2. The molecule has 9 nitrogen and oxygen atoms in total. The fraction of sp³-hybridized carbons (Fsp3) is 0.182. The van der Waals surface area contributed by atoms with Crippen LogP contribution in [0, 0.1) is 0 Å². The molecular weight excluding hydrogens is 484 g/mol. The Hall–Kier alpha value is -3.66. The van der Waals surface area contributed by atoms with E-state index >= 15 is 0 Å². The number of para-hydroxylation sites is 1. The molecule has 32 heavy (non-hydrogen) atoms. The van der Waals surface area contributed by atoms with Crippen molar-refractivity contribution in [3.05, 3.63) is 64.3 Å². The summed E-state index contributed by atoms with van der Waals surface area (Å²) in [5, 5.41) is 4.54. The van der Waals surface area contributed by atoms with Gasteiger partial charge in [-0.1, -0.05) is 34.1 Å². The SMILES string of the molecule is COC(=O)COc1ccc(Br)cc1-c1nn(-c2ccccc2)c(C(=O)OC)c1C(=O)OC. The topological polar surface area (TPSA) is 106 Å². The van der Waals surface area contributed by atoms with Gasteiger partial charge in [-0.05, 0) is 30.3 Å². The van der Waals surface area contributed by atoms with Gasteiger partial charge in [0, 0.05) is 10.0 Å². The standard InChI is InChI=1S/C22H19BrN2O7/c1-29-17(26)12-32-16-10-9-13(23)11-15(16)19-18(21(27)30-2)20(22(28)31-3)25(24-19)14-7-5-4-6-8-14/h4-11H,12H2,1-3H3. The second-order valence-corrected chi connectivity index (χ2v) is 7.22. The van der Waals surface area contributed by atoms with E-state index in [0.717, 1.165) is 0 Å².